The SMILES string of the molecule is CC/C=C\C/C=C\C/C=C\C/C=C\C/C=C\CCCCCC(=O)NCC(O)CNC(=O)CCCCC/C=C\C/C=C\C/C=C\C/C=C\C/C=C\CC. The van der Waals surface area contributed by atoms with Gasteiger partial charge in [0.15, 0.2) is 0 Å². The molecule has 0 saturated heterocycles. The summed E-state index contributed by atoms with van der Waals surface area (Å²) in [5.41, 5.74) is 0. The van der Waals surface area contributed by atoms with Gasteiger partial charge in [0.2, 0.25) is 11.8 Å². The molecular formula is C47H74N2O3. The lowest BCUT2D eigenvalue weighted by Crippen LogP contribution is -2.39. The number of rotatable bonds is 34. The van der Waals surface area contributed by atoms with Crippen LogP contribution < -0.4 is 10.6 Å². The molecule has 0 aromatic carbocycles. The maximum absolute atomic E-state index is 12.1. The minimum absolute atomic E-state index is 0.0484. The zero-order valence-electron chi connectivity index (χ0n) is 32.9. The molecule has 52 heavy (non-hydrogen) atoms. The van der Waals surface area contributed by atoms with Crippen molar-refractivity contribution in [2.45, 2.75) is 148 Å². The number of aliphatic hydroxyl groups is 1. The van der Waals surface area contributed by atoms with Crippen LogP contribution in [0, 0.1) is 0 Å². The normalized spacial score (nSPS) is 13.0. The molecule has 0 fully saturated rings. The molecule has 0 atom stereocenters. The van der Waals surface area contributed by atoms with Crippen molar-refractivity contribution in [3.8, 4) is 0 Å². The Labute approximate surface area is 319 Å². The Balaban J connectivity index is 3.63. The summed E-state index contributed by atoms with van der Waals surface area (Å²) < 4.78 is 0. The molecule has 0 bridgehead atoms. The van der Waals surface area contributed by atoms with Gasteiger partial charge in [-0.2, -0.15) is 0 Å². The van der Waals surface area contributed by atoms with Crippen LogP contribution in [0.2, 0.25) is 0 Å². The van der Waals surface area contributed by atoms with Gasteiger partial charge >= 0.3 is 0 Å². The average Bonchev–Trinajstić information content (AvgIpc) is 3.15. The molecule has 0 radical (unpaired) electrons. The average molecular weight is 715 g/mol. The highest BCUT2D eigenvalue weighted by molar-refractivity contribution is 5.76. The number of nitrogens with one attached hydrogen (secondary N) is 2. The molecule has 0 aliphatic rings. The van der Waals surface area contributed by atoms with Crippen LogP contribution in [-0.4, -0.2) is 36.1 Å². The molecule has 0 aliphatic heterocycles. The smallest absolute Gasteiger partial charge is 0.220 e. The molecule has 0 aromatic rings. The largest absolute Gasteiger partial charge is 0.389 e. The second-order valence-electron chi connectivity index (χ2n) is 12.9. The molecule has 5 heteroatoms. The van der Waals surface area contributed by atoms with Crippen molar-refractivity contribution in [1.82, 2.24) is 10.6 Å². The van der Waals surface area contributed by atoms with Crippen LogP contribution in [0.3, 0.4) is 0 Å². The molecule has 0 aromatic heterocycles. The topological polar surface area (TPSA) is 78.4 Å². The third-order valence-corrected chi connectivity index (χ3v) is 7.93. The maximum Gasteiger partial charge on any atom is 0.220 e. The number of hydrogen-bond donors (Lipinski definition) is 3. The number of carbonyl (C=O) groups excluding carboxylic acids is 2. The van der Waals surface area contributed by atoms with Gasteiger partial charge < -0.3 is 15.7 Å². The molecule has 0 aliphatic carbocycles. The Morgan fingerprint density at radius 3 is 0.962 bits per heavy atom. The number of unbranched alkanes of at least 4 members (excludes halogenated alkanes) is 6. The number of aliphatic hydroxyl groups excluding tert-OH is 1. The fourth-order valence-corrected chi connectivity index (χ4v) is 4.90. The minimum atomic E-state index is -0.779. The summed E-state index contributed by atoms with van der Waals surface area (Å²) in [5.74, 6) is -0.0967. The van der Waals surface area contributed by atoms with E-state index in [9.17, 15) is 14.7 Å². The third-order valence-electron chi connectivity index (χ3n) is 7.93. The van der Waals surface area contributed by atoms with Gasteiger partial charge in [-0.05, 0) is 103 Å². The van der Waals surface area contributed by atoms with Crippen molar-refractivity contribution >= 4 is 11.8 Å². The molecule has 3 N–H and O–H groups in total. The van der Waals surface area contributed by atoms with Gasteiger partial charge in [0.05, 0.1) is 6.10 Å². The summed E-state index contributed by atoms with van der Waals surface area (Å²) in [6, 6.07) is 0. The van der Waals surface area contributed by atoms with Gasteiger partial charge in [-0.25, -0.2) is 0 Å². The highest BCUT2D eigenvalue weighted by Crippen LogP contribution is 2.06. The molecule has 0 heterocycles. The van der Waals surface area contributed by atoms with Crippen LogP contribution in [-0.2, 0) is 9.59 Å². The Kier molecular flexibility index (Phi) is 38.8. The number of allylic oxidation sites excluding steroid dienone is 20. The first-order chi connectivity index (χ1) is 25.6. The van der Waals surface area contributed by atoms with Gasteiger partial charge in [-0.15, -0.1) is 0 Å². The minimum Gasteiger partial charge on any atom is -0.389 e. The van der Waals surface area contributed by atoms with Gasteiger partial charge in [-0.3, -0.25) is 9.59 Å². The maximum atomic E-state index is 12.1. The van der Waals surface area contributed by atoms with E-state index in [-0.39, 0.29) is 24.9 Å². The highest BCUT2D eigenvalue weighted by Gasteiger charge is 2.09. The van der Waals surface area contributed by atoms with E-state index in [1.165, 1.54) is 0 Å². The van der Waals surface area contributed by atoms with Crippen molar-refractivity contribution in [2.75, 3.05) is 13.1 Å². The quantitative estimate of drug-likeness (QED) is 0.0459. The fourth-order valence-electron chi connectivity index (χ4n) is 4.90. The monoisotopic (exact) mass is 715 g/mol. The van der Waals surface area contributed by atoms with Crippen LogP contribution in [0.4, 0.5) is 0 Å². The van der Waals surface area contributed by atoms with Gasteiger partial charge in [0.1, 0.15) is 0 Å². The zero-order chi connectivity index (χ0) is 37.8. The molecule has 0 spiro atoms. The molecule has 0 saturated carbocycles. The Bertz CT molecular complexity index is 1050. The van der Waals surface area contributed by atoms with E-state index < -0.39 is 6.10 Å². The lowest BCUT2D eigenvalue weighted by Gasteiger charge is -2.13. The van der Waals surface area contributed by atoms with Crippen molar-refractivity contribution in [2.24, 2.45) is 0 Å². The highest BCUT2D eigenvalue weighted by atomic mass is 16.3. The van der Waals surface area contributed by atoms with E-state index >= 15 is 0 Å². The van der Waals surface area contributed by atoms with Crippen molar-refractivity contribution in [1.29, 1.82) is 0 Å². The summed E-state index contributed by atoms with van der Waals surface area (Å²) in [4.78, 5) is 24.2. The first-order valence-electron chi connectivity index (χ1n) is 20.3. The van der Waals surface area contributed by atoms with E-state index in [1.807, 2.05) is 0 Å². The van der Waals surface area contributed by atoms with Gasteiger partial charge in [-0.1, -0.05) is 148 Å². The van der Waals surface area contributed by atoms with E-state index in [0.717, 1.165) is 116 Å². The van der Waals surface area contributed by atoms with E-state index in [1.54, 1.807) is 0 Å². The van der Waals surface area contributed by atoms with Crippen LogP contribution in [0.25, 0.3) is 0 Å². The summed E-state index contributed by atoms with van der Waals surface area (Å²) in [5, 5.41) is 15.7. The molecule has 5 nitrogen and oxygen atoms in total. The van der Waals surface area contributed by atoms with Crippen LogP contribution in [0.1, 0.15) is 142 Å². The zero-order valence-corrected chi connectivity index (χ0v) is 32.9. The summed E-state index contributed by atoms with van der Waals surface area (Å²) >= 11 is 0. The number of carbonyl (C=O) groups is 2. The second kappa shape index (κ2) is 41.7. The predicted octanol–water partition coefficient (Wildman–Crippen LogP) is 12.0. The van der Waals surface area contributed by atoms with Gasteiger partial charge in [0, 0.05) is 25.9 Å². The van der Waals surface area contributed by atoms with E-state index in [2.05, 4.69) is 146 Å². The first kappa shape index (κ1) is 48.3. The van der Waals surface area contributed by atoms with E-state index in [0.29, 0.717) is 12.8 Å². The third kappa shape index (κ3) is 40.7. The fraction of sp³-hybridized carbons (Fsp3) is 0.532. The van der Waals surface area contributed by atoms with E-state index in [4.69, 9.17) is 0 Å². The lowest BCUT2D eigenvalue weighted by molar-refractivity contribution is -0.121. The Morgan fingerprint density at radius 2 is 0.673 bits per heavy atom. The molecular weight excluding hydrogens is 641 g/mol. The molecule has 290 valence electrons. The molecule has 2 amide bonds. The number of hydrogen-bond acceptors (Lipinski definition) is 3. The summed E-state index contributed by atoms with van der Waals surface area (Å²) in [6.07, 6.45) is 62.2. The summed E-state index contributed by atoms with van der Waals surface area (Å²) in [7, 11) is 0. The Morgan fingerprint density at radius 1 is 0.404 bits per heavy atom. The standard InChI is InChI=1S/C47H74N2O3/c1-3-5-7-9-11-13-15-17-19-21-23-25-27-29-31-33-35-37-39-41-46(51)48-43-45(50)44-49-47(52)42-40-38-36-34-32-30-28-26-24-22-20-18-16-14-12-10-8-6-4-2/h5-8,11-14,17-20,23-26,29-32,45,50H,3-4,9-10,15-16,21-22,27-28,33-44H2,1-2H3,(H,48,51)(H,49,52)/b7-5-,8-6-,13-11-,14-12-,19-17-,20-18-,25-23-,26-24-,31-29-,32-30-. The Hall–Kier alpha value is -3.70. The van der Waals surface area contributed by atoms with Crippen LogP contribution >= 0.6 is 0 Å². The van der Waals surface area contributed by atoms with Crippen molar-refractivity contribution in [3.05, 3.63) is 122 Å². The van der Waals surface area contributed by atoms with Crippen molar-refractivity contribution < 1.29 is 14.7 Å². The number of amides is 2. The molecule has 0 rings (SSSR count). The summed E-state index contributed by atoms with van der Waals surface area (Å²) in [6.45, 7) is 4.62. The van der Waals surface area contributed by atoms with Crippen LogP contribution in [0.5, 0.6) is 0 Å². The van der Waals surface area contributed by atoms with Gasteiger partial charge in [0.25, 0.3) is 0 Å². The molecule has 0 unspecified atom stereocenters. The first-order valence-corrected chi connectivity index (χ1v) is 20.3. The van der Waals surface area contributed by atoms with Crippen LogP contribution in [0.15, 0.2) is 122 Å². The second-order valence-corrected chi connectivity index (χ2v) is 12.9. The lowest BCUT2D eigenvalue weighted by atomic mass is 10.1. The van der Waals surface area contributed by atoms with Crippen molar-refractivity contribution in [3.63, 3.8) is 0 Å². The predicted molar refractivity (Wildman–Crippen MR) is 227 cm³/mol.